The normalized spacial score (nSPS) is 13.4. The molecule has 0 aliphatic rings. The summed E-state index contributed by atoms with van der Waals surface area (Å²) in [6.07, 6.45) is 1.19. The number of nitrogens with two attached hydrogens (primary N) is 1. The first-order valence-electron chi connectivity index (χ1n) is 5.88. The second-order valence-electron chi connectivity index (χ2n) is 4.05. The molecule has 5 nitrogen and oxygen atoms in total. The van der Waals surface area contributed by atoms with Gasteiger partial charge in [0.1, 0.15) is 5.75 Å². The third-order valence-corrected chi connectivity index (χ3v) is 2.76. The Hall–Kier alpha value is -1.75. The fourth-order valence-corrected chi connectivity index (χ4v) is 1.45. The van der Waals surface area contributed by atoms with Gasteiger partial charge < -0.3 is 20.4 Å². The van der Waals surface area contributed by atoms with Crippen molar-refractivity contribution in [2.45, 2.75) is 33.0 Å². The fourth-order valence-electron chi connectivity index (χ4n) is 1.45. The van der Waals surface area contributed by atoms with Gasteiger partial charge in [0, 0.05) is 0 Å². The topological polar surface area (TPSA) is 77.1 Å². The van der Waals surface area contributed by atoms with E-state index in [-0.39, 0.29) is 11.9 Å². The van der Waals surface area contributed by atoms with E-state index in [0.29, 0.717) is 17.9 Å². The lowest BCUT2D eigenvalue weighted by Crippen LogP contribution is -2.14. The summed E-state index contributed by atoms with van der Waals surface area (Å²) >= 11 is 0. The van der Waals surface area contributed by atoms with Gasteiger partial charge in [0.15, 0.2) is 5.84 Å². The lowest BCUT2D eigenvalue weighted by Gasteiger charge is -2.13. The molecule has 0 radical (unpaired) electrons. The van der Waals surface area contributed by atoms with Crippen LogP contribution in [0.3, 0.4) is 0 Å². The third-order valence-electron chi connectivity index (χ3n) is 2.76. The van der Waals surface area contributed by atoms with Crippen LogP contribution in [-0.4, -0.2) is 24.3 Å². The Balaban J connectivity index is 2.85. The number of amidine groups is 1. The van der Waals surface area contributed by atoms with Crippen molar-refractivity contribution in [1.29, 1.82) is 0 Å². The molecule has 0 aromatic heterocycles. The molecule has 0 spiro atoms. The SMILES string of the molecule is CCC(C)OCc1ccc(/C(N)=N/O)c(OC)c1. The molecule has 0 aliphatic carbocycles. The van der Waals surface area contributed by atoms with Gasteiger partial charge in [0.05, 0.1) is 25.4 Å². The van der Waals surface area contributed by atoms with E-state index in [0.717, 1.165) is 12.0 Å². The average Bonchev–Trinajstić information content (AvgIpc) is 2.43. The summed E-state index contributed by atoms with van der Waals surface area (Å²) in [5, 5.41) is 11.6. The van der Waals surface area contributed by atoms with Crippen LogP contribution in [0.25, 0.3) is 0 Å². The summed E-state index contributed by atoms with van der Waals surface area (Å²) in [6.45, 7) is 4.62. The second kappa shape index (κ2) is 6.86. The fraction of sp³-hybridized carbons (Fsp3) is 0.462. The van der Waals surface area contributed by atoms with Gasteiger partial charge in [-0.25, -0.2) is 0 Å². The van der Waals surface area contributed by atoms with Crippen LogP contribution in [0.15, 0.2) is 23.4 Å². The van der Waals surface area contributed by atoms with Gasteiger partial charge in [0.2, 0.25) is 0 Å². The van der Waals surface area contributed by atoms with E-state index >= 15 is 0 Å². The van der Waals surface area contributed by atoms with Gasteiger partial charge in [-0.2, -0.15) is 0 Å². The molecule has 0 saturated heterocycles. The lowest BCUT2D eigenvalue weighted by molar-refractivity contribution is 0.0507. The predicted octanol–water partition coefficient (Wildman–Crippen LogP) is 2.10. The van der Waals surface area contributed by atoms with Crippen LogP contribution in [0.4, 0.5) is 0 Å². The van der Waals surface area contributed by atoms with E-state index < -0.39 is 0 Å². The molecule has 5 heteroatoms. The highest BCUT2D eigenvalue weighted by molar-refractivity contribution is 5.99. The minimum absolute atomic E-state index is 0.0289. The molecule has 0 fully saturated rings. The molecule has 1 aromatic rings. The van der Waals surface area contributed by atoms with Gasteiger partial charge in [-0.05, 0) is 31.0 Å². The molecule has 1 aromatic carbocycles. The molecule has 3 N–H and O–H groups in total. The van der Waals surface area contributed by atoms with Gasteiger partial charge in [-0.3, -0.25) is 0 Å². The molecule has 1 unspecified atom stereocenters. The highest BCUT2D eigenvalue weighted by Crippen LogP contribution is 2.21. The van der Waals surface area contributed by atoms with Crippen molar-refractivity contribution in [2.24, 2.45) is 10.9 Å². The smallest absolute Gasteiger partial charge is 0.173 e. The number of benzene rings is 1. The predicted molar refractivity (Wildman–Crippen MR) is 70.0 cm³/mol. The van der Waals surface area contributed by atoms with Crippen LogP contribution in [0.5, 0.6) is 5.75 Å². The highest BCUT2D eigenvalue weighted by atomic mass is 16.5. The number of hydrogen-bond donors (Lipinski definition) is 2. The van der Waals surface area contributed by atoms with E-state index in [1.807, 2.05) is 19.1 Å². The Morgan fingerprint density at radius 3 is 2.78 bits per heavy atom. The van der Waals surface area contributed by atoms with Gasteiger partial charge in [0.25, 0.3) is 0 Å². The molecule has 100 valence electrons. The summed E-state index contributed by atoms with van der Waals surface area (Å²) in [5.41, 5.74) is 7.10. The van der Waals surface area contributed by atoms with E-state index in [1.165, 1.54) is 0 Å². The van der Waals surface area contributed by atoms with Crippen LogP contribution >= 0.6 is 0 Å². The first-order chi connectivity index (χ1) is 8.62. The van der Waals surface area contributed by atoms with E-state index in [2.05, 4.69) is 12.1 Å². The first-order valence-corrected chi connectivity index (χ1v) is 5.88. The Morgan fingerprint density at radius 2 is 2.22 bits per heavy atom. The van der Waals surface area contributed by atoms with Gasteiger partial charge in [-0.1, -0.05) is 18.1 Å². The van der Waals surface area contributed by atoms with Crippen molar-refractivity contribution in [3.8, 4) is 5.75 Å². The molecule has 0 saturated carbocycles. The zero-order valence-electron chi connectivity index (χ0n) is 11.0. The van der Waals surface area contributed by atoms with Gasteiger partial charge >= 0.3 is 0 Å². The van der Waals surface area contributed by atoms with E-state index in [9.17, 15) is 0 Å². The number of methoxy groups -OCH3 is 1. The zero-order valence-corrected chi connectivity index (χ0v) is 11.0. The maximum Gasteiger partial charge on any atom is 0.173 e. The largest absolute Gasteiger partial charge is 0.496 e. The third kappa shape index (κ3) is 3.63. The van der Waals surface area contributed by atoms with Crippen molar-refractivity contribution in [2.75, 3.05) is 7.11 Å². The van der Waals surface area contributed by atoms with Crippen LogP contribution in [0.1, 0.15) is 31.4 Å². The first kappa shape index (κ1) is 14.3. The van der Waals surface area contributed by atoms with E-state index in [1.54, 1.807) is 13.2 Å². The summed E-state index contributed by atoms with van der Waals surface area (Å²) in [7, 11) is 1.54. The standard InChI is InChI=1S/C13H20N2O3/c1-4-9(2)18-8-10-5-6-11(13(14)15-16)12(7-10)17-3/h5-7,9,16H,4,8H2,1-3H3,(H2,14,15). The molecular formula is C13H20N2O3. The van der Waals surface area contributed by atoms with E-state index in [4.69, 9.17) is 20.4 Å². The number of hydrogen-bond acceptors (Lipinski definition) is 4. The Morgan fingerprint density at radius 1 is 1.50 bits per heavy atom. The maximum absolute atomic E-state index is 8.67. The molecule has 18 heavy (non-hydrogen) atoms. The molecule has 0 aliphatic heterocycles. The quantitative estimate of drug-likeness (QED) is 0.352. The Labute approximate surface area is 107 Å². The molecule has 0 bridgehead atoms. The molecule has 1 atom stereocenters. The van der Waals surface area contributed by atoms with Crippen molar-refractivity contribution in [3.05, 3.63) is 29.3 Å². The second-order valence-corrected chi connectivity index (χ2v) is 4.05. The van der Waals surface area contributed by atoms with Crippen molar-refractivity contribution < 1.29 is 14.7 Å². The van der Waals surface area contributed by atoms with Gasteiger partial charge in [-0.15, -0.1) is 0 Å². The van der Waals surface area contributed by atoms with Crippen molar-refractivity contribution in [1.82, 2.24) is 0 Å². The number of rotatable bonds is 6. The van der Waals surface area contributed by atoms with Crippen LogP contribution in [0.2, 0.25) is 0 Å². The maximum atomic E-state index is 8.67. The van der Waals surface area contributed by atoms with Crippen LogP contribution in [0, 0.1) is 0 Å². The minimum atomic E-state index is 0.0289. The van der Waals surface area contributed by atoms with Crippen LogP contribution < -0.4 is 10.5 Å². The average molecular weight is 252 g/mol. The number of nitrogens with zero attached hydrogens (tertiary/aromatic N) is 1. The zero-order chi connectivity index (χ0) is 13.5. The number of oxime groups is 1. The summed E-state index contributed by atoms with van der Waals surface area (Å²) in [5.74, 6) is 0.594. The molecular weight excluding hydrogens is 232 g/mol. The Bertz CT molecular complexity index is 419. The van der Waals surface area contributed by atoms with Crippen LogP contribution in [-0.2, 0) is 11.3 Å². The molecule has 1 rings (SSSR count). The number of ether oxygens (including phenoxy) is 2. The van der Waals surface area contributed by atoms with Crippen molar-refractivity contribution in [3.63, 3.8) is 0 Å². The monoisotopic (exact) mass is 252 g/mol. The minimum Gasteiger partial charge on any atom is -0.496 e. The summed E-state index contributed by atoms with van der Waals surface area (Å²) < 4.78 is 10.9. The highest BCUT2D eigenvalue weighted by Gasteiger charge is 2.09. The lowest BCUT2D eigenvalue weighted by atomic mass is 10.1. The van der Waals surface area contributed by atoms with Crippen molar-refractivity contribution >= 4 is 5.84 Å². The molecule has 0 amide bonds. The molecule has 0 heterocycles. The Kier molecular flexibility index (Phi) is 5.45. The summed E-state index contributed by atoms with van der Waals surface area (Å²) in [4.78, 5) is 0. The summed E-state index contributed by atoms with van der Waals surface area (Å²) in [6, 6.07) is 5.46.